The number of aromatic nitrogens is 1. The van der Waals surface area contributed by atoms with Gasteiger partial charge in [0.15, 0.2) is 0 Å². The third-order valence-corrected chi connectivity index (χ3v) is 7.06. The van der Waals surface area contributed by atoms with Gasteiger partial charge in [-0.15, -0.1) is 13.2 Å². The number of alkyl halides is 3. The highest BCUT2D eigenvalue weighted by Gasteiger charge is 2.31. The van der Waals surface area contributed by atoms with E-state index in [4.69, 9.17) is 11.6 Å². The van der Waals surface area contributed by atoms with Crippen LogP contribution in [0.15, 0.2) is 89.8 Å². The number of nitrogens with zero attached hydrogens (tertiary/aromatic N) is 1. The van der Waals surface area contributed by atoms with Crippen molar-refractivity contribution in [1.29, 1.82) is 0 Å². The largest absolute Gasteiger partial charge is 0.573 e. The van der Waals surface area contributed by atoms with Gasteiger partial charge in [0.2, 0.25) is 0 Å². The van der Waals surface area contributed by atoms with Crippen molar-refractivity contribution in [2.24, 2.45) is 0 Å². The molecule has 5 nitrogen and oxygen atoms in total. The number of hydrogen-bond donors (Lipinski definition) is 1. The quantitative estimate of drug-likeness (QED) is 0.256. The van der Waals surface area contributed by atoms with Crippen LogP contribution in [0.5, 0.6) is 5.75 Å². The van der Waals surface area contributed by atoms with E-state index < -0.39 is 16.4 Å². The molecule has 0 saturated carbocycles. The summed E-state index contributed by atoms with van der Waals surface area (Å²) in [6.07, 6.45) is -4.85. The van der Waals surface area contributed by atoms with E-state index in [1.807, 2.05) is 13.8 Å². The molecule has 192 valence electrons. The molecule has 3 aromatic carbocycles. The van der Waals surface area contributed by atoms with Crippen LogP contribution in [0.25, 0.3) is 22.4 Å². The monoisotopic (exact) mass is 546 g/mol. The molecule has 0 aliphatic carbocycles. The molecule has 10 heteroatoms. The molecule has 0 aliphatic rings. The van der Waals surface area contributed by atoms with Crippen molar-refractivity contribution in [2.75, 3.05) is 4.72 Å². The van der Waals surface area contributed by atoms with Gasteiger partial charge in [-0.25, -0.2) is 13.4 Å². The molecule has 4 aromatic rings. The fourth-order valence-corrected chi connectivity index (χ4v) is 5.04. The molecule has 4 rings (SSSR count). The summed E-state index contributed by atoms with van der Waals surface area (Å²) in [5, 5.41) is 0.510. The minimum absolute atomic E-state index is 0.0212. The Balaban J connectivity index is 1.88. The van der Waals surface area contributed by atoms with Gasteiger partial charge < -0.3 is 4.74 Å². The molecular weight excluding hydrogens is 525 g/mol. The number of benzene rings is 3. The minimum atomic E-state index is -4.85. The summed E-state index contributed by atoms with van der Waals surface area (Å²) < 4.78 is 70.9. The van der Waals surface area contributed by atoms with E-state index in [1.54, 1.807) is 48.5 Å². The van der Waals surface area contributed by atoms with Gasteiger partial charge in [0, 0.05) is 16.1 Å². The Kier molecular flexibility index (Phi) is 7.47. The standard InChI is InChI=1S/C27H22ClF3N2O3S/c1-17(2)24-16-19(28)11-12-23(24)26-22(18-7-6-8-20(15-18)36-27(29,30)31)13-14-25(32-26)33-37(34,35)21-9-4-3-5-10-21/h3-17H,1-2H3,(H,32,33). The van der Waals surface area contributed by atoms with Crippen LogP contribution in [0.1, 0.15) is 25.3 Å². The van der Waals surface area contributed by atoms with Gasteiger partial charge in [0.25, 0.3) is 10.0 Å². The number of halogens is 4. The van der Waals surface area contributed by atoms with Crippen molar-refractivity contribution in [3.8, 4) is 28.1 Å². The molecule has 0 bridgehead atoms. The SMILES string of the molecule is CC(C)c1cc(Cl)ccc1-c1nc(NS(=O)(=O)c2ccccc2)ccc1-c1cccc(OC(F)(F)F)c1. The molecule has 37 heavy (non-hydrogen) atoms. The molecule has 1 heterocycles. The summed E-state index contributed by atoms with van der Waals surface area (Å²) in [6.45, 7) is 3.93. The maximum absolute atomic E-state index is 12.9. The number of sulfonamides is 1. The fourth-order valence-electron chi connectivity index (χ4n) is 3.84. The zero-order valence-electron chi connectivity index (χ0n) is 19.8. The highest BCUT2D eigenvalue weighted by Crippen LogP contribution is 2.39. The maximum Gasteiger partial charge on any atom is 0.573 e. The van der Waals surface area contributed by atoms with Crippen molar-refractivity contribution < 1.29 is 26.3 Å². The molecule has 0 saturated heterocycles. The average molecular weight is 547 g/mol. The Morgan fingerprint density at radius 1 is 0.892 bits per heavy atom. The number of hydrogen-bond acceptors (Lipinski definition) is 4. The topological polar surface area (TPSA) is 68.3 Å². The Bertz CT molecular complexity index is 1530. The lowest BCUT2D eigenvalue weighted by Gasteiger charge is -2.18. The van der Waals surface area contributed by atoms with Gasteiger partial charge in [0.05, 0.1) is 10.6 Å². The van der Waals surface area contributed by atoms with E-state index in [0.717, 1.165) is 5.56 Å². The summed E-state index contributed by atoms with van der Waals surface area (Å²) >= 11 is 6.24. The molecule has 0 aliphatic heterocycles. The van der Waals surface area contributed by atoms with Crippen molar-refractivity contribution in [1.82, 2.24) is 4.98 Å². The second-order valence-corrected chi connectivity index (χ2v) is 10.6. The van der Waals surface area contributed by atoms with Crippen LogP contribution in [0.4, 0.5) is 19.0 Å². The van der Waals surface area contributed by atoms with Gasteiger partial charge in [-0.05, 0) is 65.6 Å². The molecule has 1 N–H and O–H groups in total. The van der Waals surface area contributed by atoms with E-state index in [-0.39, 0.29) is 22.4 Å². The van der Waals surface area contributed by atoms with E-state index in [0.29, 0.717) is 27.4 Å². The minimum Gasteiger partial charge on any atom is -0.406 e. The van der Waals surface area contributed by atoms with Gasteiger partial charge in [0.1, 0.15) is 11.6 Å². The number of pyridine rings is 1. The molecule has 0 radical (unpaired) electrons. The first kappa shape index (κ1) is 26.5. The zero-order valence-corrected chi connectivity index (χ0v) is 21.3. The normalized spacial score (nSPS) is 12.0. The van der Waals surface area contributed by atoms with Crippen LogP contribution < -0.4 is 9.46 Å². The molecule has 0 unspecified atom stereocenters. The highest BCUT2D eigenvalue weighted by molar-refractivity contribution is 7.92. The van der Waals surface area contributed by atoms with Gasteiger partial charge >= 0.3 is 6.36 Å². The van der Waals surface area contributed by atoms with Crippen LogP contribution >= 0.6 is 11.6 Å². The number of ether oxygens (including phenoxy) is 1. The van der Waals surface area contributed by atoms with E-state index in [2.05, 4.69) is 14.4 Å². The first-order valence-corrected chi connectivity index (χ1v) is 13.0. The van der Waals surface area contributed by atoms with Crippen molar-refractivity contribution >= 4 is 27.4 Å². The predicted octanol–water partition coefficient (Wildman–Crippen LogP) is 7.89. The van der Waals surface area contributed by atoms with E-state index in [9.17, 15) is 21.6 Å². The lowest BCUT2D eigenvalue weighted by molar-refractivity contribution is -0.274. The lowest BCUT2D eigenvalue weighted by atomic mass is 9.91. The zero-order chi connectivity index (χ0) is 26.8. The maximum atomic E-state index is 12.9. The summed E-state index contributed by atoms with van der Waals surface area (Å²) in [4.78, 5) is 4.67. The van der Waals surface area contributed by atoms with E-state index >= 15 is 0 Å². The van der Waals surface area contributed by atoms with E-state index in [1.165, 1.54) is 36.4 Å². The van der Waals surface area contributed by atoms with Crippen molar-refractivity contribution in [2.45, 2.75) is 31.0 Å². The first-order chi connectivity index (χ1) is 17.4. The van der Waals surface area contributed by atoms with Crippen molar-refractivity contribution in [3.05, 3.63) is 95.5 Å². The number of nitrogens with one attached hydrogen (secondary N) is 1. The molecule has 0 fully saturated rings. The molecule has 0 atom stereocenters. The van der Waals surface area contributed by atoms with Gasteiger partial charge in [-0.3, -0.25) is 4.72 Å². The Morgan fingerprint density at radius 3 is 2.27 bits per heavy atom. The second kappa shape index (κ2) is 10.4. The Morgan fingerprint density at radius 2 is 1.59 bits per heavy atom. The van der Waals surface area contributed by atoms with Crippen LogP contribution in [-0.4, -0.2) is 19.8 Å². The summed E-state index contributed by atoms with van der Waals surface area (Å²) in [5.41, 5.74) is 2.77. The molecule has 0 spiro atoms. The summed E-state index contributed by atoms with van der Waals surface area (Å²) in [7, 11) is -3.93. The van der Waals surface area contributed by atoms with Crippen LogP contribution in [-0.2, 0) is 10.0 Å². The number of anilines is 1. The van der Waals surface area contributed by atoms with Crippen LogP contribution in [0.2, 0.25) is 5.02 Å². The Labute approximate surface area is 218 Å². The van der Waals surface area contributed by atoms with Gasteiger partial charge in [-0.2, -0.15) is 0 Å². The van der Waals surface area contributed by atoms with Crippen LogP contribution in [0.3, 0.4) is 0 Å². The summed E-state index contributed by atoms with van der Waals surface area (Å²) in [6, 6.07) is 21.7. The molecule has 0 amide bonds. The van der Waals surface area contributed by atoms with Crippen molar-refractivity contribution in [3.63, 3.8) is 0 Å². The highest BCUT2D eigenvalue weighted by atomic mass is 35.5. The smallest absolute Gasteiger partial charge is 0.406 e. The number of rotatable bonds is 7. The third kappa shape index (κ3) is 6.42. The fraction of sp³-hybridized carbons (Fsp3) is 0.148. The second-order valence-electron chi connectivity index (χ2n) is 8.47. The Hall–Kier alpha value is -3.56. The van der Waals surface area contributed by atoms with Crippen LogP contribution in [0, 0.1) is 0 Å². The average Bonchev–Trinajstić information content (AvgIpc) is 2.83. The first-order valence-electron chi connectivity index (χ1n) is 11.2. The van der Waals surface area contributed by atoms with Gasteiger partial charge in [-0.1, -0.05) is 61.8 Å². The predicted molar refractivity (Wildman–Crippen MR) is 138 cm³/mol. The summed E-state index contributed by atoms with van der Waals surface area (Å²) in [5.74, 6) is -0.312. The third-order valence-electron chi connectivity index (χ3n) is 5.46. The molecule has 1 aromatic heterocycles. The lowest BCUT2D eigenvalue weighted by Crippen LogP contribution is -2.17. The molecular formula is C27H22ClF3N2O3S.